The van der Waals surface area contributed by atoms with Crippen LogP contribution in [0, 0.1) is 13.8 Å². The van der Waals surface area contributed by atoms with Crippen molar-refractivity contribution in [2.45, 2.75) is 13.8 Å². The highest BCUT2D eigenvalue weighted by molar-refractivity contribution is 6.33. The van der Waals surface area contributed by atoms with Crippen LogP contribution in [0.4, 0.5) is 11.4 Å². The van der Waals surface area contributed by atoms with Gasteiger partial charge >= 0.3 is 0 Å². The number of carbonyl (C=O) groups is 3. The summed E-state index contributed by atoms with van der Waals surface area (Å²) in [4.78, 5) is 37.1. The molecule has 3 N–H and O–H groups in total. The molecular formula is C24H22ClN3O3. The Balaban J connectivity index is 1.62. The Kier molecular flexibility index (Phi) is 7.05. The van der Waals surface area contributed by atoms with Gasteiger partial charge in [0.1, 0.15) is 0 Å². The van der Waals surface area contributed by atoms with E-state index in [0.29, 0.717) is 27.5 Å². The number of carbonyl (C=O) groups excluding carboxylic acids is 3. The van der Waals surface area contributed by atoms with E-state index in [1.54, 1.807) is 54.6 Å². The summed E-state index contributed by atoms with van der Waals surface area (Å²) < 4.78 is 0. The van der Waals surface area contributed by atoms with Crippen molar-refractivity contribution < 1.29 is 14.4 Å². The molecule has 0 bridgehead atoms. The topological polar surface area (TPSA) is 87.3 Å². The molecule has 0 saturated heterocycles. The summed E-state index contributed by atoms with van der Waals surface area (Å²) >= 11 is 6.11. The van der Waals surface area contributed by atoms with Crippen molar-refractivity contribution in [2.24, 2.45) is 0 Å². The van der Waals surface area contributed by atoms with Crippen LogP contribution in [0.25, 0.3) is 0 Å². The van der Waals surface area contributed by atoms with Gasteiger partial charge in [0.25, 0.3) is 11.8 Å². The number of halogens is 1. The third kappa shape index (κ3) is 5.93. The van der Waals surface area contributed by atoms with Crippen molar-refractivity contribution in [3.8, 4) is 0 Å². The lowest BCUT2D eigenvalue weighted by Gasteiger charge is -2.12. The summed E-state index contributed by atoms with van der Waals surface area (Å²) in [7, 11) is 0. The summed E-state index contributed by atoms with van der Waals surface area (Å²) in [5, 5.41) is 8.49. The van der Waals surface area contributed by atoms with Crippen LogP contribution in [0.1, 0.15) is 31.8 Å². The van der Waals surface area contributed by atoms with E-state index in [1.165, 1.54) is 0 Å². The van der Waals surface area contributed by atoms with Gasteiger partial charge in [0.2, 0.25) is 5.91 Å². The molecule has 3 rings (SSSR count). The molecule has 3 amide bonds. The molecule has 6 nitrogen and oxygen atoms in total. The van der Waals surface area contributed by atoms with E-state index < -0.39 is 11.8 Å². The highest BCUT2D eigenvalue weighted by Crippen LogP contribution is 2.22. The molecule has 0 unspecified atom stereocenters. The molecular weight excluding hydrogens is 414 g/mol. The highest BCUT2D eigenvalue weighted by atomic mass is 35.5. The number of nitrogens with one attached hydrogen (secondary N) is 3. The van der Waals surface area contributed by atoms with E-state index in [-0.39, 0.29) is 12.5 Å². The lowest BCUT2D eigenvalue weighted by Crippen LogP contribution is -2.33. The molecule has 0 aliphatic heterocycles. The number of hydrogen-bond acceptors (Lipinski definition) is 3. The fourth-order valence-corrected chi connectivity index (χ4v) is 3.14. The molecule has 0 atom stereocenters. The minimum atomic E-state index is -0.430. The third-order valence-corrected chi connectivity index (χ3v) is 4.90. The molecule has 0 aliphatic carbocycles. The molecule has 3 aromatic rings. The molecule has 7 heteroatoms. The van der Waals surface area contributed by atoms with E-state index in [2.05, 4.69) is 16.0 Å². The zero-order valence-electron chi connectivity index (χ0n) is 17.2. The van der Waals surface area contributed by atoms with Gasteiger partial charge in [0.15, 0.2) is 0 Å². The first kappa shape index (κ1) is 22.1. The molecule has 158 valence electrons. The molecule has 31 heavy (non-hydrogen) atoms. The summed E-state index contributed by atoms with van der Waals surface area (Å²) in [6.45, 7) is 3.51. The molecule has 0 heterocycles. The number of rotatable bonds is 6. The van der Waals surface area contributed by atoms with Gasteiger partial charge in [0.05, 0.1) is 17.3 Å². The minimum absolute atomic E-state index is 0.220. The number of hydrogen-bond donors (Lipinski definition) is 3. The maximum absolute atomic E-state index is 12.5. The largest absolute Gasteiger partial charge is 0.343 e. The first-order valence-electron chi connectivity index (χ1n) is 9.65. The van der Waals surface area contributed by atoms with Crippen LogP contribution in [-0.2, 0) is 4.79 Å². The maximum Gasteiger partial charge on any atom is 0.255 e. The third-order valence-electron chi connectivity index (χ3n) is 4.59. The van der Waals surface area contributed by atoms with Crippen LogP contribution in [0.2, 0.25) is 5.02 Å². The van der Waals surface area contributed by atoms with Gasteiger partial charge in [-0.05, 0) is 61.4 Å². The van der Waals surface area contributed by atoms with E-state index in [1.807, 2.05) is 26.0 Å². The SMILES string of the molecule is Cc1ccc(NC(=O)CNC(=O)c2ccc(C)c(NC(=O)c3ccccc3)c2)c(Cl)c1. The van der Waals surface area contributed by atoms with E-state index in [9.17, 15) is 14.4 Å². The van der Waals surface area contributed by atoms with Crippen molar-refractivity contribution in [3.05, 3.63) is 94.0 Å². The summed E-state index contributed by atoms with van der Waals surface area (Å²) in [6.07, 6.45) is 0. The van der Waals surface area contributed by atoms with Crippen LogP contribution in [0.3, 0.4) is 0 Å². The molecule has 3 aromatic carbocycles. The van der Waals surface area contributed by atoms with Gasteiger partial charge in [-0.1, -0.05) is 41.9 Å². The fourth-order valence-electron chi connectivity index (χ4n) is 2.86. The highest BCUT2D eigenvalue weighted by Gasteiger charge is 2.13. The quantitative estimate of drug-likeness (QED) is 0.529. The van der Waals surface area contributed by atoms with Crippen molar-refractivity contribution in [2.75, 3.05) is 17.2 Å². The van der Waals surface area contributed by atoms with Crippen molar-refractivity contribution in [1.82, 2.24) is 5.32 Å². The second-order valence-corrected chi connectivity index (χ2v) is 7.47. The first-order chi connectivity index (χ1) is 14.8. The van der Waals surface area contributed by atoms with Gasteiger partial charge in [-0.25, -0.2) is 0 Å². The first-order valence-corrected chi connectivity index (χ1v) is 10.0. The lowest BCUT2D eigenvalue weighted by molar-refractivity contribution is -0.115. The predicted molar refractivity (Wildman–Crippen MR) is 123 cm³/mol. The van der Waals surface area contributed by atoms with Gasteiger partial charge in [-0.15, -0.1) is 0 Å². The Hall–Kier alpha value is -3.64. The van der Waals surface area contributed by atoms with E-state index in [0.717, 1.165) is 11.1 Å². The number of aryl methyl sites for hydroxylation is 2. The van der Waals surface area contributed by atoms with Gasteiger partial charge in [0, 0.05) is 16.8 Å². The lowest BCUT2D eigenvalue weighted by atomic mass is 10.1. The molecule has 0 aliphatic rings. The number of anilines is 2. The molecule has 0 aromatic heterocycles. The summed E-state index contributed by atoms with van der Waals surface area (Å²) in [5.74, 6) is -1.10. The van der Waals surface area contributed by atoms with Crippen LogP contribution >= 0.6 is 11.6 Å². The predicted octanol–water partition coefficient (Wildman–Crippen LogP) is 4.58. The molecule has 0 spiro atoms. The normalized spacial score (nSPS) is 10.3. The van der Waals surface area contributed by atoms with Gasteiger partial charge in [-0.3, -0.25) is 14.4 Å². The fraction of sp³-hybridized carbons (Fsp3) is 0.125. The Morgan fingerprint density at radius 3 is 2.23 bits per heavy atom. The Bertz CT molecular complexity index is 1130. The molecule has 0 saturated carbocycles. The van der Waals surface area contributed by atoms with E-state index in [4.69, 9.17) is 11.6 Å². The van der Waals surface area contributed by atoms with Crippen molar-refractivity contribution in [3.63, 3.8) is 0 Å². The number of amides is 3. The van der Waals surface area contributed by atoms with Crippen LogP contribution in [0.5, 0.6) is 0 Å². The van der Waals surface area contributed by atoms with Crippen molar-refractivity contribution >= 4 is 40.7 Å². The smallest absolute Gasteiger partial charge is 0.255 e. The monoisotopic (exact) mass is 435 g/mol. The van der Waals surface area contributed by atoms with Crippen molar-refractivity contribution in [1.29, 1.82) is 0 Å². The summed E-state index contributed by atoms with van der Waals surface area (Å²) in [5.41, 5.74) is 3.64. The van der Waals surface area contributed by atoms with Crippen LogP contribution < -0.4 is 16.0 Å². The van der Waals surface area contributed by atoms with Gasteiger partial charge < -0.3 is 16.0 Å². The zero-order valence-corrected chi connectivity index (χ0v) is 17.9. The Morgan fingerprint density at radius 2 is 1.52 bits per heavy atom. The molecule has 0 fully saturated rings. The van der Waals surface area contributed by atoms with E-state index >= 15 is 0 Å². The average molecular weight is 436 g/mol. The molecule has 0 radical (unpaired) electrons. The minimum Gasteiger partial charge on any atom is -0.343 e. The average Bonchev–Trinajstić information content (AvgIpc) is 2.76. The Labute approximate surface area is 185 Å². The second-order valence-electron chi connectivity index (χ2n) is 7.06. The van der Waals surface area contributed by atoms with Crippen LogP contribution in [-0.4, -0.2) is 24.3 Å². The van der Waals surface area contributed by atoms with Gasteiger partial charge in [-0.2, -0.15) is 0 Å². The standard InChI is InChI=1S/C24H22ClN3O3/c1-15-8-11-20(19(25)12-15)27-22(29)14-26-23(30)18-10-9-16(2)21(13-18)28-24(31)17-6-4-3-5-7-17/h3-13H,14H2,1-2H3,(H,26,30)(H,27,29)(H,28,31). The second kappa shape index (κ2) is 9.91. The summed E-state index contributed by atoms with van der Waals surface area (Å²) in [6, 6.07) is 19.0. The Morgan fingerprint density at radius 1 is 0.774 bits per heavy atom. The maximum atomic E-state index is 12.5. The number of benzene rings is 3. The van der Waals surface area contributed by atoms with Crippen LogP contribution in [0.15, 0.2) is 66.7 Å². The zero-order chi connectivity index (χ0) is 22.4.